The molecule has 2 N–H and O–H groups in total. The lowest BCUT2D eigenvalue weighted by molar-refractivity contribution is 0.121. The van der Waals surface area contributed by atoms with Crippen molar-refractivity contribution in [3.63, 3.8) is 0 Å². The van der Waals surface area contributed by atoms with Crippen molar-refractivity contribution in [3.05, 3.63) is 35.5 Å². The Kier molecular flexibility index (Phi) is 5.48. The van der Waals surface area contributed by atoms with Gasteiger partial charge in [-0.15, -0.1) is 0 Å². The van der Waals surface area contributed by atoms with Gasteiger partial charge >= 0.3 is 0 Å². The number of nitrogens with one attached hydrogen (secondary N) is 1. The van der Waals surface area contributed by atoms with Crippen LogP contribution in [-0.4, -0.2) is 60.8 Å². The van der Waals surface area contributed by atoms with E-state index in [0.717, 1.165) is 11.8 Å². The largest absolute Gasteiger partial charge is 0.361 e. The highest BCUT2D eigenvalue weighted by molar-refractivity contribution is 7.98. The number of thioether (sulfide) groups is 1. The molecule has 0 bridgehead atoms. The number of aromatic nitrogens is 1. The monoisotopic (exact) mass is 382 g/mol. The quantitative estimate of drug-likeness (QED) is 0.781. The second-order valence-electron chi connectivity index (χ2n) is 7.19. The average molecular weight is 383 g/mol. The second kappa shape index (κ2) is 7.31. The summed E-state index contributed by atoms with van der Waals surface area (Å²) in [6.45, 7) is 1.26. The zero-order valence-corrected chi connectivity index (χ0v) is 16.5. The summed E-state index contributed by atoms with van der Waals surface area (Å²) in [6, 6.07) is 7.50. The first-order valence-electron chi connectivity index (χ1n) is 8.48. The molecule has 5 nitrogen and oxygen atoms in total. The molecule has 0 amide bonds. The molecule has 3 atom stereocenters. The first kappa shape index (κ1) is 18.8. The summed E-state index contributed by atoms with van der Waals surface area (Å²) in [5.41, 5.74) is 4.44. The van der Waals surface area contributed by atoms with Crippen LogP contribution in [0.4, 0.5) is 0 Å². The molecule has 0 saturated carbocycles. The number of fused-ring (bicyclic) bond motifs is 2. The number of hydrogen-bond acceptors (Lipinski definition) is 4. The third-order valence-corrected chi connectivity index (χ3v) is 6.02. The molecule has 7 heteroatoms. The number of aromatic amines is 1. The minimum Gasteiger partial charge on any atom is -0.361 e. The minimum atomic E-state index is -3.67. The first-order chi connectivity index (χ1) is 11.8. The van der Waals surface area contributed by atoms with Gasteiger partial charge in [-0.25, -0.2) is 0 Å². The van der Waals surface area contributed by atoms with E-state index >= 15 is 0 Å². The molecule has 1 fully saturated rings. The second-order valence-corrected chi connectivity index (χ2v) is 9.57. The van der Waals surface area contributed by atoms with Gasteiger partial charge in [0.05, 0.1) is 6.26 Å². The third kappa shape index (κ3) is 4.22. The van der Waals surface area contributed by atoms with Crippen molar-refractivity contribution in [1.82, 2.24) is 9.88 Å². The Morgan fingerprint density at radius 1 is 1.40 bits per heavy atom. The van der Waals surface area contributed by atoms with Gasteiger partial charge in [-0.3, -0.25) is 4.55 Å². The van der Waals surface area contributed by atoms with Crippen LogP contribution in [0.15, 0.2) is 24.4 Å². The summed E-state index contributed by atoms with van der Waals surface area (Å²) in [5, 5.41) is 1.52. The number of rotatable bonds is 2. The highest BCUT2D eigenvalue weighted by Crippen LogP contribution is 2.44. The van der Waals surface area contributed by atoms with E-state index in [1.807, 2.05) is 11.8 Å². The number of likely N-dealkylation sites (N-methyl/N-ethyl adjacent to an activating group) is 1. The maximum absolute atomic E-state index is 9.19. The molecule has 0 radical (unpaired) electrons. The predicted octanol–water partition coefficient (Wildman–Crippen LogP) is 2.99. The molecule has 2 aliphatic rings. The van der Waals surface area contributed by atoms with Crippen molar-refractivity contribution in [2.45, 2.75) is 24.8 Å². The van der Waals surface area contributed by atoms with Crippen LogP contribution in [0.5, 0.6) is 0 Å². The molecule has 1 aromatic carbocycles. The summed E-state index contributed by atoms with van der Waals surface area (Å²) in [4.78, 5) is 6.07. The Labute approximate surface area is 153 Å². The maximum Gasteiger partial charge on any atom is 0.261 e. The van der Waals surface area contributed by atoms with Crippen LogP contribution in [0.25, 0.3) is 10.9 Å². The number of benzene rings is 1. The molecule has 138 valence electrons. The minimum absolute atomic E-state index is 0.696. The van der Waals surface area contributed by atoms with Crippen LogP contribution in [0, 0.1) is 5.92 Å². The summed E-state index contributed by atoms with van der Waals surface area (Å²) in [7, 11) is -1.35. The van der Waals surface area contributed by atoms with Crippen molar-refractivity contribution in [3.8, 4) is 0 Å². The van der Waals surface area contributed by atoms with Crippen LogP contribution in [-0.2, 0) is 16.5 Å². The van der Waals surface area contributed by atoms with Gasteiger partial charge in [0.1, 0.15) is 0 Å². The smallest absolute Gasteiger partial charge is 0.261 e. The molecular formula is C18H26N2O3S2. The topological polar surface area (TPSA) is 73.4 Å². The molecule has 2 aromatic rings. The van der Waals surface area contributed by atoms with E-state index < -0.39 is 10.1 Å². The lowest BCUT2D eigenvalue weighted by atomic mass is 9.73. The number of nitrogens with zero attached hydrogens (tertiary/aromatic N) is 1. The number of hydrogen-bond donors (Lipinski definition) is 2. The van der Waals surface area contributed by atoms with E-state index in [0.29, 0.717) is 12.3 Å². The highest BCUT2D eigenvalue weighted by Gasteiger charge is 2.38. The van der Waals surface area contributed by atoms with E-state index in [1.54, 1.807) is 5.56 Å². The number of H-pyrrole nitrogens is 1. The number of likely N-dealkylation sites (tertiary alicyclic amines) is 1. The molecule has 0 spiro atoms. The summed E-state index contributed by atoms with van der Waals surface area (Å²) >= 11 is 2.00. The van der Waals surface area contributed by atoms with Gasteiger partial charge in [-0.1, -0.05) is 12.1 Å². The van der Waals surface area contributed by atoms with Crippen molar-refractivity contribution in [2.75, 3.05) is 31.9 Å². The van der Waals surface area contributed by atoms with E-state index in [4.69, 9.17) is 4.55 Å². The van der Waals surface area contributed by atoms with Gasteiger partial charge in [-0.05, 0) is 55.0 Å². The van der Waals surface area contributed by atoms with Crippen LogP contribution in [0.1, 0.15) is 23.5 Å². The van der Waals surface area contributed by atoms with Crippen molar-refractivity contribution < 1.29 is 13.0 Å². The molecule has 1 aromatic heterocycles. The zero-order chi connectivity index (χ0) is 18.2. The first-order valence-corrected chi connectivity index (χ1v) is 11.7. The van der Waals surface area contributed by atoms with E-state index in [-0.39, 0.29) is 0 Å². The number of piperidine rings is 1. The molecule has 2 heterocycles. The molecule has 1 aliphatic heterocycles. The Morgan fingerprint density at radius 3 is 2.80 bits per heavy atom. The lowest BCUT2D eigenvalue weighted by Gasteiger charge is -2.45. The standard InChI is InChI=1S/C17H22N2S.CH4O3S/c1-19-9-11(10-20-2)6-14-13-4-3-5-15-17(13)12(8-18-15)7-16(14)19;1-5(2,3)4/h3-5,8,11,14,16,18H,6-7,9-10H2,1-2H3;1H3,(H,2,3,4)/t11-,14?,16-;/m1./s1. The lowest BCUT2D eigenvalue weighted by Crippen LogP contribution is -2.48. The highest BCUT2D eigenvalue weighted by atomic mass is 32.2. The van der Waals surface area contributed by atoms with Gasteiger partial charge in [0, 0.05) is 35.6 Å². The van der Waals surface area contributed by atoms with Gasteiger partial charge in [-0.2, -0.15) is 20.2 Å². The third-order valence-electron chi connectivity index (χ3n) is 5.21. The SMILES string of the molecule is CS(=O)(=O)O.CSC[C@@H]1CC2c3cccc4[nH]cc(c34)C[C@H]2N(C)C1. The zero-order valence-electron chi connectivity index (χ0n) is 14.9. The van der Waals surface area contributed by atoms with E-state index in [2.05, 4.69) is 47.6 Å². The fourth-order valence-corrected chi connectivity index (χ4v) is 5.12. The molecule has 1 aliphatic carbocycles. The maximum atomic E-state index is 9.19. The molecular weight excluding hydrogens is 356 g/mol. The van der Waals surface area contributed by atoms with Gasteiger partial charge in [0.25, 0.3) is 10.1 Å². The predicted molar refractivity (Wildman–Crippen MR) is 105 cm³/mol. The van der Waals surface area contributed by atoms with Crippen LogP contribution in [0.2, 0.25) is 0 Å². The molecule has 25 heavy (non-hydrogen) atoms. The fourth-order valence-electron chi connectivity index (χ4n) is 4.41. The van der Waals surface area contributed by atoms with Gasteiger partial charge in [0.2, 0.25) is 0 Å². The Balaban J connectivity index is 0.000000324. The van der Waals surface area contributed by atoms with Crippen LogP contribution in [0.3, 0.4) is 0 Å². The Morgan fingerprint density at radius 2 is 2.12 bits per heavy atom. The Bertz CT molecular complexity index is 839. The fraction of sp³-hybridized carbons (Fsp3) is 0.556. The summed E-state index contributed by atoms with van der Waals surface area (Å²) < 4.78 is 25.9. The van der Waals surface area contributed by atoms with Crippen LogP contribution < -0.4 is 0 Å². The van der Waals surface area contributed by atoms with Crippen molar-refractivity contribution >= 4 is 32.8 Å². The van der Waals surface area contributed by atoms with Gasteiger partial charge in [0.15, 0.2) is 0 Å². The Hall–Kier alpha value is -1.02. The average Bonchev–Trinajstić information content (AvgIpc) is 2.92. The van der Waals surface area contributed by atoms with E-state index in [9.17, 15) is 8.42 Å². The summed E-state index contributed by atoms with van der Waals surface area (Å²) in [5.74, 6) is 2.86. The molecule has 4 rings (SSSR count). The van der Waals surface area contributed by atoms with Crippen molar-refractivity contribution in [1.29, 1.82) is 0 Å². The normalized spacial score (nSPS) is 26.0. The van der Waals surface area contributed by atoms with Gasteiger partial charge < -0.3 is 9.88 Å². The van der Waals surface area contributed by atoms with Crippen LogP contribution >= 0.6 is 11.8 Å². The molecule has 1 unspecified atom stereocenters. The molecule has 1 saturated heterocycles. The summed E-state index contributed by atoms with van der Waals surface area (Å²) in [6.07, 6.45) is 7.75. The van der Waals surface area contributed by atoms with Crippen molar-refractivity contribution in [2.24, 2.45) is 5.92 Å². The van der Waals surface area contributed by atoms with E-state index in [1.165, 1.54) is 41.6 Å².